The summed E-state index contributed by atoms with van der Waals surface area (Å²) in [6.07, 6.45) is 1.98. The number of nitrogens with zero attached hydrogens (tertiary/aromatic N) is 2. The highest BCUT2D eigenvalue weighted by molar-refractivity contribution is 5.92. The van der Waals surface area contributed by atoms with Crippen molar-refractivity contribution in [3.8, 4) is 11.3 Å². The van der Waals surface area contributed by atoms with E-state index < -0.39 is 0 Å². The van der Waals surface area contributed by atoms with E-state index in [-0.39, 0.29) is 5.91 Å². The number of hydroxylamine groups is 2. The monoisotopic (exact) mass is 257 g/mol. The van der Waals surface area contributed by atoms with Gasteiger partial charge in [-0.2, -0.15) is 5.10 Å². The van der Waals surface area contributed by atoms with E-state index in [2.05, 4.69) is 10.2 Å². The Hall–Kier alpha value is -2.14. The second-order valence-electron chi connectivity index (χ2n) is 4.48. The molecule has 1 N–H and O–H groups in total. The number of aromatic amines is 1. The molecule has 2 heterocycles. The van der Waals surface area contributed by atoms with Gasteiger partial charge in [-0.25, -0.2) is 5.06 Å². The number of rotatable bonds is 2. The van der Waals surface area contributed by atoms with Crippen LogP contribution >= 0.6 is 0 Å². The zero-order chi connectivity index (χ0) is 13.1. The van der Waals surface area contributed by atoms with Crippen molar-refractivity contribution in [3.05, 3.63) is 42.1 Å². The summed E-state index contributed by atoms with van der Waals surface area (Å²) in [5, 5.41) is 8.36. The lowest BCUT2D eigenvalue weighted by Gasteiger charge is -2.25. The fourth-order valence-electron chi connectivity index (χ4n) is 2.08. The van der Waals surface area contributed by atoms with Gasteiger partial charge in [0.25, 0.3) is 5.91 Å². The average molecular weight is 257 g/mol. The molecule has 1 aromatic heterocycles. The second kappa shape index (κ2) is 5.24. The Morgan fingerprint density at radius 2 is 2.11 bits per heavy atom. The van der Waals surface area contributed by atoms with E-state index in [1.54, 1.807) is 6.07 Å². The van der Waals surface area contributed by atoms with E-state index in [0.717, 1.165) is 24.1 Å². The van der Waals surface area contributed by atoms with Crippen LogP contribution in [0.5, 0.6) is 0 Å². The summed E-state index contributed by atoms with van der Waals surface area (Å²) in [5.74, 6) is -0.158. The van der Waals surface area contributed by atoms with Crippen LogP contribution in [0.2, 0.25) is 0 Å². The molecule has 0 saturated carbocycles. The molecule has 5 heteroatoms. The Morgan fingerprint density at radius 3 is 2.84 bits per heavy atom. The van der Waals surface area contributed by atoms with Crippen LogP contribution in [0, 0.1) is 0 Å². The molecule has 98 valence electrons. The first-order valence-electron chi connectivity index (χ1n) is 6.40. The van der Waals surface area contributed by atoms with Crippen LogP contribution < -0.4 is 0 Å². The van der Waals surface area contributed by atoms with E-state index in [4.69, 9.17) is 4.84 Å². The highest BCUT2D eigenvalue weighted by Gasteiger charge is 2.21. The number of carbonyl (C=O) groups excluding carboxylic acids is 1. The highest BCUT2D eigenvalue weighted by atomic mass is 16.7. The molecule has 1 aromatic carbocycles. The maximum absolute atomic E-state index is 12.2. The first-order chi connectivity index (χ1) is 9.34. The van der Waals surface area contributed by atoms with Crippen molar-refractivity contribution < 1.29 is 9.63 Å². The zero-order valence-electron chi connectivity index (χ0n) is 10.5. The van der Waals surface area contributed by atoms with E-state index in [9.17, 15) is 4.79 Å². The summed E-state index contributed by atoms with van der Waals surface area (Å²) < 4.78 is 0. The average Bonchev–Trinajstić information content (AvgIpc) is 2.98. The Labute approximate surface area is 111 Å². The summed E-state index contributed by atoms with van der Waals surface area (Å²) in [5.41, 5.74) is 2.21. The molecule has 19 heavy (non-hydrogen) atoms. The molecule has 1 amide bonds. The molecule has 0 radical (unpaired) electrons. The third kappa shape index (κ3) is 2.51. The van der Waals surface area contributed by atoms with Gasteiger partial charge in [0.2, 0.25) is 0 Å². The summed E-state index contributed by atoms with van der Waals surface area (Å²) >= 11 is 0. The van der Waals surface area contributed by atoms with Gasteiger partial charge in [0.1, 0.15) is 5.69 Å². The third-order valence-corrected chi connectivity index (χ3v) is 3.11. The van der Waals surface area contributed by atoms with Crippen LogP contribution in [0.4, 0.5) is 0 Å². The molecule has 2 aromatic rings. The van der Waals surface area contributed by atoms with Crippen molar-refractivity contribution >= 4 is 5.91 Å². The van der Waals surface area contributed by atoms with Crippen LogP contribution in [-0.2, 0) is 4.84 Å². The lowest BCUT2D eigenvalue weighted by atomic mass is 10.1. The number of carbonyl (C=O) groups is 1. The van der Waals surface area contributed by atoms with E-state index in [1.165, 1.54) is 5.06 Å². The summed E-state index contributed by atoms with van der Waals surface area (Å²) in [6.45, 7) is 1.24. The first-order valence-corrected chi connectivity index (χ1v) is 6.40. The number of amides is 1. The lowest BCUT2D eigenvalue weighted by Crippen LogP contribution is -2.35. The number of hydrogen-bond acceptors (Lipinski definition) is 3. The number of aromatic nitrogens is 2. The maximum Gasteiger partial charge on any atom is 0.295 e. The van der Waals surface area contributed by atoms with E-state index in [1.807, 2.05) is 30.3 Å². The van der Waals surface area contributed by atoms with Gasteiger partial charge in [-0.15, -0.1) is 0 Å². The Kier molecular flexibility index (Phi) is 3.29. The van der Waals surface area contributed by atoms with Gasteiger partial charge >= 0.3 is 0 Å². The standard InChI is InChI=1S/C14H15N3O2/c18-14(17-8-4-5-9-19-17)13-10-12(15-16-13)11-6-2-1-3-7-11/h1-3,6-7,10H,4-5,8-9H2,(H,15,16). The van der Waals surface area contributed by atoms with Crippen LogP contribution in [0.25, 0.3) is 11.3 Å². The van der Waals surface area contributed by atoms with E-state index in [0.29, 0.717) is 18.8 Å². The van der Waals surface area contributed by atoms with Gasteiger partial charge in [0.05, 0.1) is 12.3 Å². The van der Waals surface area contributed by atoms with Crippen LogP contribution in [0.3, 0.4) is 0 Å². The molecule has 0 spiro atoms. The van der Waals surface area contributed by atoms with Crippen molar-refractivity contribution in [2.24, 2.45) is 0 Å². The van der Waals surface area contributed by atoms with Gasteiger partial charge in [-0.1, -0.05) is 30.3 Å². The zero-order valence-corrected chi connectivity index (χ0v) is 10.5. The topological polar surface area (TPSA) is 58.2 Å². The summed E-state index contributed by atoms with van der Waals surface area (Å²) in [7, 11) is 0. The van der Waals surface area contributed by atoms with Gasteiger partial charge in [-0.05, 0) is 18.9 Å². The molecule has 1 saturated heterocycles. The molecule has 0 atom stereocenters. The largest absolute Gasteiger partial charge is 0.295 e. The van der Waals surface area contributed by atoms with Crippen LogP contribution in [0.1, 0.15) is 23.3 Å². The first kappa shape index (κ1) is 11.9. The minimum absolute atomic E-state index is 0.158. The molecule has 1 aliphatic heterocycles. The molecule has 0 aliphatic carbocycles. The second-order valence-corrected chi connectivity index (χ2v) is 4.48. The van der Waals surface area contributed by atoms with Crippen molar-refractivity contribution in [2.75, 3.05) is 13.2 Å². The van der Waals surface area contributed by atoms with Crippen molar-refractivity contribution in [2.45, 2.75) is 12.8 Å². The minimum Gasteiger partial charge on any atom is -0.272 e. The normalized spacial score (nSPS) is 15.5. The number of hydrogen-bond donors (Lipinski definition) is 1. The Bertz CT molecular complexity index is 559. The molecule has 1 aliphatic rings. The predicted octanol–water partition coefficient (Wildman–Crippen LogP) is 2.24. The Balaban J connectivity index is 1.79. The molecule has 0 bridgehead atoms. The maximum atomic E-state index is 12.2. The quantitative estimate of drug-likeness (QED) is 0.897. The van der Waals surface area contributed by atoms with Crippen molar-refractivity contribution in [1.82, 2.24) is 15.3 Å². The molecular weight excluding hydrogens is 242 g/mol. The molecule has 3 rings (SSSR count). The lowest BCUT2D eigenvalue weighted by molar-refractivity contribution is -0.144. The number of H-pyrrole nitrogens is 1. The molecule has 5 nitrogen and oxygen atoms in total. The fourth-order valence-corrected chi connectivity index (χ4v) is 2.08. The van der Waals surface area contributed by atoms with Gasteiger partial charge in [-0.3, -0.25) is 14.7 Å². The minimum atomic E-state index is -0.158. The molecule has 0 unspecified atom stereocenters. The smallest absolute Gasteiger partial charge is 0.272 e. The van der Waals surface area contributed by atoms with Gasteiger partial charge < -0.3 is 0 Å². The SMILES string of the molecule is O=C(c1cc(-c2ccccc2)n[nH]1)N1CCCCO1. The Morgan fingerprint density at radius 1 is 1.26 bits per heavy atom. The fraction of sp³-hybridized carbons (Fsp3) is 0.286. The predicted molar refractivity (Wildman–Crippen MR) is 70.2 cm³/mol. The number of nitrogens with one attached hydrogen (secondary N) is 1. The van der Waals surface area contributed by atoms with Crippen LogP contribution in [-0.4, -0.2) is 34.3 Å². The van der Waals surface area contributed by atoms with Crippen molar-refractivity contribution in [3.63, 3.8) is 0 Å². The summed E-state index contributed by atoms with van der Waals surface area (Å²) in [4.78, 5) is 17.5. The molecule has 1 fully saturated rings. The molecular formula is C14H15N3O2. The van der Waals surface area contributed by atoms with E-state index >= 15 is 0 Å². The van der Waals surface area contributed by atoms with Gasteiger partial charge in [0.15, 0.2) is 0 Å². The van der Waals surface area contributed by atoms with Crippen molar-refractivity contribution in [1.29, 1.82) is 0 Å². The van der Waals surface area contributed by atoms with Crippen LogP contribution in [0.15, 0.2) is 36.4 Å². The summed E-state index contributed by atoms with van der Waals surface area (Å²) in [6, 6.07) is 11.5. The van der Waals surface area contributed by atoms with Gasteiger partial charge in [0, 0.05) is 12.1 Å². The number of benzene rings is 1. The highest BCUT2D eigenvalue weighted by Crippen LogP contribution is 2.18. The third-order valence-electron chi connectivity index (χ3n) is 3.11.